The fourth-order valence-corrected chi connectivity index (χ4v) is 1.52. The van der Waals surface area contributed by atoms with Crippen molar-refractivity contribution >= 4 is 0 Å². The largest absolute Gasteiger partial charge is 0.0956 e. The number of hydrogen-bond acceptors (Lipinski definition) is 0. The second-order valence-electron chi connectivity index (χ2n) is 3.51. The Morgan fingerprint density at radius 1 is 1.33 bits per heavy atom. The van der Waals surface area contributed by atoms with Crippen molar-refractivity contribution in [3.8, 4) is 0 Å². The summed E-state index contributed by atoms with van der Waals surface area (Å²) in [6, 6.07) is 0. The van der Waals surface area contributed by atoms with Gasteiger partial charge in [-0.05, 0) is 45.1 Å². The van der Waals surface area contributed by atoms with Crippen LogP contribution in [0.25, 0.3) is 0 Å². The van der Waals surface area contributed by atoms with Gasteiger partial charge in [0.1, 0.15) is 0 Å². The summed E-state index contributed by atoms with van der Waals surface area (Å²) in [7, 11) is 0. The van der Waals surface area contributed by atoms with Crippen molar-refractivity contribution in [1.29, 1.82) is 0 Å². The van der Waals surface area contributed by atoms with Crippen LogP contribution < -0.4 is 0 Å². The van der Waals surface area contributed by atoms with Gasteiger partial charge in [-0.2, -0.15) is 0 Å². The zero-order valence-electron chi connectivity index (χ0n) is 8.19. The lowest BCUT2D eigenvalue weighted by Crippen LogP contribution is -1.97. The molecule has 0 aromatic carbocycles. The molecule has 1 aliphatic carbocycles. The lowest BCUT2D eigenvalue weighted by Gasteiger charge is -2.16. The maximum absolute atomic E-state index is 4.09. The van der Waals surface area contributed by atoms with Crippen molar-refractivity contribution in [3.63, 3.8) is 0 Å². The Morgan fingerprint density at radius 3 is 2.58 bits per heavy atom. The monoisotopic (exact) mass is 162 g/mol. The molecule has 0 amide bonds. The van der Waals surface area contributed by atoms with Crippen LogP contribution in [0.2, 0.25) is 0 Å². The van der Waals surface area contributed by atoms with Crippen LogP contribution in [-0.2, 0) is 0 Å². The molecule has 66 valence electrons. The molecular formula is C12H18. The quantitative estimate of drug-likeness (QED) is 0.546. The maximum atomic E-state index is 4.09. The first-order chi connectivity index (χ1) is 5.74. The van der Waals surface area contributed by atoms with Gasteiger partial charge in [-0.1, -0.05) is 29.9 Å². The van der Waals surface area contributed by atoms with Crippen LogP contribution in [0.5, 0.6) is 0 Å². The molecule has 0 heteroatoms. The summed E-state index contributed by atoms with van der Waals surface area (Å²) in [6.07, 6.45) is 9.51. The number of allylic oxidation sites excluding steroid dienone is 5. The minimum Gasteiger partial charge on any atom is -0.0956 e. The van der Waals surface area contributed by atoms with E-state index >= 15 is 0 Å². The molecule has 0 aliphatic heterocycles. The van der Waals surface area contributed by atoms with E-state index in [1.807, 2.05) is 0 Å². The molecule has 0 saturated heterocycles. The van der Waals surface area contributed by atoms with Gasteiger partial charge in [-0.15, -0.1) is 0 Å². The molecule has 0 N–H and O–H groups in total. The van der Waals surface area contributed by atoms with E-state index < -0.39 is 0 Å². The second kappa shape index (κ2) is 4.30. The zero-order chi connectivity index (χ0) is 8.97. The van der Waals surface area contributed by atoms with E-state index in [2.05, 4.69) is 32.6 Å². The topological polar surface area (TPSA) is 0 Å². The molecule has 0 heterocycles. The van der Waals surface area contributed by atoms with Crippen molar-refractivity contribution in [2.24, 2.45) is 0 Å². The molecule has 0 radical (unpaired) electrons. The Bertz CT molecular complexity index is 228. The highest BCUT2D eigenvalue weighted by molar-refractivity contribution is 5.35. The Hall–Kier alpha value is -0.780. The Kier molecular flexibility index (Phi) is 3.33. The highest BCUT2D eigenvalue weighted by atomic mass is 14.1. The van der Waals surface area contributed by atoms with E-state index in [-0.39, 0.29) is 0 Å². The molecule has 0 aromatic rings. The fraction of sp³-hybridized carbons (Fsp3) is 0.500. The van der Waals surface area contributed by atoms with Gasteiger partial charge in [-0.25, -0.2) is 0 Å². The summed E-state index contributed by atoms with van der Waals surface area (Å²) in [5.41, 5.74) is 4.17. The summed E-state index contributed by atoms with van der Waals surface area (Å²) in [6.45, 7) is 8.32. The third kappa shape index (κ3) is 2.37. The van der Waals surface area contributed by atoms with Crippen LogP contribution in [0.1, 0.15) is 39.5 Å². The summed E-state index contributed by atoms with van der Waals surface area (Å²) in [4.78, 5) is 0. The summed E-state index contributed by atoms with van der Waals surface area (Å²) in [5, 5.41) is 0. The molecular weight excluding hydrogens is 144 g/mol. The molecule has 1 rings (SSSR count). The highest BCUT2D eigenvalue weighted by Gasteiger charge is 2.08. The van der Waals surface area contributed by atoms with E-state index in [0.717, 1.165) is 0 Å². The smallest absolute Gasteiger partial charge is 0.0276 e. The highest BCUT2D eigenvalue weighted by Crippen LogP contribution is 2.27. The molecule has 0 aromatic heterocycles. The normalized spacial score (nSPS) is 23.3. The lowest BCUT2D eigenvalue weighted by atomic mass is 9.89. The van der Waals surface area contributed by atoms with Crippen molar-refractivity contribution < 1.29 is 0 Å². The maximum Gasteiger partial charge on any atom is -0.0276 e. The van der Waals surface area contributed by atoms with E-state index in [0.29, 0.717) is 0 Å². The average Bonchev–Trinajstić information content (AvgIpc) is 2.09. The molecule has 1 aliphatic rings. The molecule has 1 saturated carbocycles. The van der Waals surface area contributed by atoms with Crippen molar-refractivity contribution in [3.05, 3.63) is 35.5 Å². The lowest BCUT2D eigenvalue weighted by molar-refractivity contribution is 0.680. The van der Waals surface area contributed by atoms with Crippen LogP contribution >= 0.6 is 0 Å². The van der Waals surface area contributed by atoms with Gasteiger partial charge in [0.05, 0.1) is 0 Å². The van der Waals surface area contributed by atoms with Gasteiger partial charge in [-0.3, -0.25) is 0 Å². The molecule has 0 nitrogen and oxygen atoms in total. The fourth-order valence-electron chi connectivity index (χ4n) is 1.52. The SMILES string of the molecule is C=C1CCCC/C1=C/C(C)=C\C. The van der Waals surface area contributed by atoms with Gasteiger partial charge in [0, 0.05) is 0 Å². The van der Waals surface area contributed by atoms with Crippen molar-refractivity contribution in [2.75, 3.05) is 0 Å². The van der Waals surface area contributed by atoms with Crippen LogP contribution in [0.15, 0.2) is 35.5 Å². The second-order valence-corrected chi connectivity index (χ2v) is 3.51. The summed E-state index contributed by atoms with van der Waals surface area (Å²) in [5.74, 6) is 0. The predicted molar refractivity (Wildman–Crippen MR) is 55.1 cm³/mol. The van der Waals surface area contributed by atoms with Crippen LogP contribution in [0.4, 0.5) is 0 Å². The van der Waals surface area contributed by atoms with Gasteiger partial charge >= 0.3 is 0 Å². The Labute approximate surface area is 75.7 Å². The Morgan fingerprint density at radius 2 is 2.00 bits per heavy atom. The molecule has 0 bridgehead atoms. The zero-order valence-corrected chi connectivity index (χ0v) is 8.19. The minimum absolute atomic E-state index is 1.20. The first kappa shape index (κ1) is 9.31. The standard InChI is InChI=1S/C12H18/c1-4-10(2)9-12-8-6-5-7-11(12)3/h4,9H,3,5-8H2,1-2H3/b10-4-,12-9-. The van der Waals surface area contributed by atoms with Gasteiger partial charge in [0.15, 0.2) is 0 Å². The van der Waals surface area contributed by atoms with Gasteiger partial charge < -0.3 is 0 Å². The first-order valence-corrected chi connectivity index (χ1v) is 4.75. The Balaban J connectivity index is 2.71. The number of rotatable bonds is 1. The molecule has 0 atom stereocenters. The van der Waals surface area contributed by atoms with E-state index in [1.54, 1.807) is 0 Å². The predicted octanol–water partition coefficient (Wildman–Crippen LogP) is 4.01. The summed E-state index contributed by atoms with van der Waals surface area (Å²) < 4.78 is 0. The summed E-state index contributed by atoms with van der Waals surface area (Å²) >= 11 is 0. The molecule has 0 unspecified atom stereocenters. The van der Waals surface area contributed by atoms with Crippen LogP contribution in [0, 0.1) is 0 Å². The van der Waals surface area contributed by atoms with Crippen LogP contribution in [-0.4, -0.2) is 0 Å². The van der Waals surface area contributed by atoms with Crippen LogP contribution in [0.3, 0.4) is 0 Å². The van der Waals surface area contributed by atoms with E-state index in [4.69, 9.17) is 0 Å². The molecule has 0 spiro atoms. The average molecular weight is 162 g/mol. The van der Waals surface area contributed by atoms with Gasteiger partial charge in [0.25, 0.3) is 0 Å². The van der Waals surface area contributed by atoms with Gasteiger partial charge in [0.2, 0.25) is 0 Å². The third-order valence-electron chi connectivity index (χ3n) is 2.49. The van der Waals surface area contributed by atoms with Crippen molar-refractivity contribution in [2.45, 2.75) is 39.5 Å². The third-order valence-corrected chi connectivity index (χ3v) is 2.49. The molecule has 1 fully saturated rings. The van der Waals surface area contributed by atoms with E-state index in [1.165, 1.54) is 42.4 Å². The van der Waals surface area contributed by atoms with E-state index in [9.17, 15) is 0 Å². The number of hydrogen-bond donors (Lipinski definition) is 0. The first-order valence-electron chi connectivity index (χ1n) is 4.75. The minimum atomic E-state index is 1.20. The van der Waals surface area contributed by atoms with Crippen molar-refractivity contribution in [1.82, 2.24) is 0 Å². The molecule has 12 heavy (non-hydrogen) atoms.